The average Bonchev–Trinajstić information content (AvgIpc) is 2.94. The van der Waals surface area contributed by atoms with Crippen LogP contribution in [-0.4, -0.2) is 0 Å². The summed E-state index contributed by atoms with van der Waals surface area (Å²) in [6.45, 7) is 2.21. The van der Waals surface area contributed by atoms with Gasteiger partial charge in [-0.25, -0.2) is 0 Å². The van der Waals surface area contributed by atoms with Crippen molar-refractivity contribution in [1.82, 2.24) is 0 Å². The Morgan fingerprint density at radius 2 is 1.38 bits per heavy atom. The topological polar surface area (TPSA) is 0 Å². The Kier molecular flexibility index (Phi) is 2.75. The van der Waals surface area contributed by atoms with E-state index in [-0.39, 0.29) is 0 Å². The summed E-state index contributed by atoms with van der Waals surface area (Å²) in [7, 11) is 0. The van der Waals surface area contributed by atoms with Crippen LogP contribution < -0.4 is 10.4 Å². The van der Waals surface area contributed by atoms with Crippen LogP contribution in [0.4, 0.5) is 0 Å². The zero-order chi connectivity index (χ0) is 14.2. The number of rotatable bonds is 1. The quantitative estimate of drug-likeness (QED) is 0.493. The van der Waals surface area contributed by atoms with Gasteiger partial charge in [0.05, 0.1) is 0 Å². The fraction of sp³-hybridized carbons (Fsp3) is 0.0476. The maximum atomic E-state index is 2.31. The van der Waals surface area contributed by atoms with Crippen LogP contribution in [0.25, 0.3) is 22.8 Å². The lowest BCUT2D eigenvalue weighted by Gasteiger charge is -2.04. The van der Waals surface area contributed by atoms with Crippen LogP contribution in [0.2, 0.25) is 0 Å². The van der Waals surface area contributed by atoms with Crippen molar-refractivity contribution in [2.75, 3.05) is 0 Å². The Bertz CT molecular complexity index is 931. The van der Waals surface area contributed by atoms with Gasteiger partial charge in [-0.05, 0) is 51.3 Å². The highest BCUT2D eigenvalue weighted by molar-refractivity contribution is 5.83. The third kappa shape index (κ3) is 1.92. The zero-order valence-corrected chi connectivity index (χ0v) is 12.0. The lowest BCUT2D eigenvalue weighted by atomic mass is 10.0. The van der Waals surface area contributed by atoms with Gasteiger partial charge in [0.2, 0.25) is 0 Å². The first-order valence-electron chi connectivity index (χ1n) is 7.31. The molecule has 0 fully saturated rings. The Hall–Kier alpha value is -2.60. The largest absolute Gasteiger partial charge is 0.0622 e. The summed E-state index contributed by atoms with van der Waals surface area (Å²) in [5.41, 5.74) is 6.63. The Balaban J connectivity index is 2.07. The molecule has 0 aromatic heterocycles. The van der Waals surface area contributed by atoms with Gasteiger partial charge >= 0.3 is 0 Å². The van der Waals surface area contributed by atoms with Gasteiger partial charge in [0.1, 0.15) is 0 Å². The molecule has 0 radical (unpaired) electrons. The highest BCUT2D eigenvalue weighted by atomic mass is 14.2. The van der Waals surface area contributed by atoms with Gasteiger partial charge in [-0.2, -0.15) is 0 Å². The minimum atomic E-state index is 1.29. The van der Waals surface area contributed by atoms with Crippen LogP contribution in [0.1, 0.15) is 18.1 Å². The molecule has 1 aliphatic carbocycles. The first kappa shape index (κ1) is 12.2. The smallest absolute Gasteiger partial charge is 0.00961 e. The molecule has 0 heteroatoms. The highest BCUT2D eigenvalue weighted by Gasteiger charge is 2.12. The molecular weight excluding hydrogens is 252 g/mol. The second-order valence-electron chi connectivity index (χ2n) is 5.49. The van der Waals surface area contributed by atoms with Crippen LogP contribution in [0, 0.1) is 0 Å². The molecule has 0 aliphatic heterocycles. The van der Waals surface area contributed by atoms with Crippen molar-refractivity contribution in [3.05, 3.63) is 94.4 Å². The lowest BCUT2D eigenvalue weighted by molar-refractivity contribution is 1.45. The Morgan fingerprint density at radius 1 is 0.667 bits per heavy atom. The van der Waals surface area contributed by atoms with E-state index in [1.165, 1.54) is 38.3 Å². The van der Waals surface area contributed by atoms with Gasteiger partial charge in [0, 0.05) is 0 Å². The first-order valence-corrected chi connectivity index (χ1v) is 7.31. The van der Waals surface area contributed by atoms with Crippen LogP contribution in [0.3, 0.4) is 0 Å². The van der Waals surface area contributed by atoms with Crippen molar-refractivity contribution in [2.45, 2.75) is 6.92 Å². The summed E-state index contributed by atoms with van der Waals surface area (Å²) >= 11 is 0. The van der Waals surface area contributed by atoms with Crippen LogP contribution >= 0.6 is 0 Å². The van der Waals surface area contributed by atoms with Crippen LogP contribution in [-0.2, 0) is 0 Å². The molecule has 0 saturated carbocycles. The monoisotopic (exact) mass is 268 g/mol. The number of hydrogen-bond donors (Lipinski definition) is 0. The molecule has 3 aromatic carbocycles. The van der Waals surface area contributed by atoms with Gasteiger partial charge in [0.25, 0.3) is 0 Å². The predicted octanol–water partition coefficient (Wildman–Crippen LogP) is 3.71. The lowest BCUT2D eigenvalue weighted by Crippen LogP contribution is -2.26. The van der Waals surface area contributed by atoms with E-state index in [1.54, 1.807) is 0 Å². The molecule has 0 heterocycles. The molecular formula is C21H16. The number of hydrogen-bond acceptors (Lipinski definition) is 0. The summed E-state index contributed by atoms with van der Waals surface area (Å²) in [4.78, 5) is 0. The molecule has 0 bridgehead atoms. The van der Waals surface area contributed by atoms with Crippen molar-refractivity contribution in [2.24, 2.45) is 0 Å². The minimum absolute atomic E-state index is 1.29. The van der Waals surface area contributed by atoms with E-state index < -0.39 is 0 Å². The average molecular weight is 268 g/mol. The molecule has 3 aromatic rings. The Morgan fingerprint density at radius 3 is 2.24 bits per heavy atom. The van der Waals surface area contributed by atoms with E-state index in [0.29, 0.717) is 0 Å². The van der Waals surface area contributed by atoms with E-state index >= 15 is 0 Å². The molecule has 4 rings (SSSR count). The molecule has 0 nitrogen and oxygen atoms in total. The second kappa shape index (κ2) is 4.75. The Labute approximate surface area is 124 Å². The third-order valence-corrected chi connectivity index (χ3v) is 4.27. The van der Waals surface area contributed by atoms with Gasteiger partial charge < -0.3 is 0 Å². The molecule has 1 aliphatic rings. The molecule has 0 unspecified atom stereocenters. The molecule has 0 spiro atoms. The summed E-state index contributed by atoms with van der Waals surface area (Å²) < 4.78 is 0. The van der Waals surface area contributed by atoms with Crippen molar-refractivity contribution in [1.29, 1.82) is 0 Å². The molecule has 0 N–H and O–H groups in total. The van der Waals surface area contributed by atoms with Crippen molar-refractivity contribution < 1.29 is 0 Å². The fourth-order valence-corrected chi connectivity index (χ4v) is 3.15. The molecule has 100 valence electrons. The second-order valence-corrected chi connectivity index (χ2v) is 5.49. The number of benzene rings is 3. The molecule has 0 saturated heterocycles. The van der Waals surface area contributed by atoms with Gasteiger partial charge in [-0.1, -0.05) is 72.8 Å². The molecule has 21 heavy (non-hydrogen) atoms. The highest BCUT2D eigenvalue weighted by Crippen LogP contribution is 2.25. The zero-order valence-electron chi connectivity index (χ0n) is 12.0. The minimum Gasteiger partial charge on any atom is -0.0622 e. The summed E-state index contributed by atoms with van der Waals surface area (Å²) in [6, 6.07) is 25.8. The van der Waals surface area contributed by atoms with Gasteiger partial charge in [0.15, 0.2) is 0 Å². The normalized spacial score (nSPS) is 13.2. The molecule has 0 amide bonds. The van der Waals surface area contributed by atoms with E-state index in [4.69, 9.17) is 0 Å². The van der Waals surface area contributed by atoms with Crippen molar-refractivity contribution >= 4 is 11.6 Å². The maximum absolute atomic E-state index is 2.31. The fourth-order valence-electron chi connectivity index (χ4n) is 3.15. The SMILES string of the molecule is CC(c1ccccc1)=c1cccc2c1=Cc1ccccc1-2. The standard InChI is InChI=1S/C21H16/c1-15(16-8-3-2-4-9-16)18-12-7-13-20-19-11-6-5-10-17(19)14-21(18)20/h2-14H,1H3. The van der Waals surface area contributed by atoms with E-state index in [0.717, 1.165) is 0 Å². The summed E-state index contributed by atoms with van der Waals surface area (Å²) in [5, 5.41) is 2.68. The van der Waals surface area contributed by atoms with Gasteiger partial charge in [-0.15, -0.1) is 0 Å². The molecule has 0 atom stereocenters. The summed E-state index contributed by atoms with van der Waals surface area (Å²) in [5.74, 6) is 0. The van der Waals surface area contributed by atoms with Crippen LogP contribution in [0.5, 0.6) is 0 Å². The predicted molar refractivity (Wildman–Crippen MR) is 89.3 cm³/mol. The first-order chi connectivity index (χ1) is 10.3. The van der Waals surface area contributed by atoms with Gasteiger partial charge in [-0.3, -0.25) is 0 Å². The van der Waals surface area contributed by atoms with Crippen LogP contribution in [0.15, 0.2) is 72.8 Å². The summed E-state index contributed by atoms with van der Waals surface area (Å²) in [6.07, 6.45) is 2.31. The van der Waals surface area contributed by atoms with Crippen molar-refractivity contribution in [3.63, 3.8) is 0 Å². The number of fused-ring (bicyclic) bond motifs is 3. The van der Waals surface area contributed by atoms with E-state index in [2.05, 4.69) is 85.8 Å². The van der Waals surface area contributed by atoms with E-state index in [1.807, 2.05) is 0 Å². The van der Waals surface area contributed by atoms with E-state index in [9.17, 15) is 0 Å². The van der Waals surface area contributed by atoms with Crippen molar-refractivity contribution in [3.8, 4) is 11.1 Å². The third-order valence-electron chi connectivity index (χ3n) is 4.27. The maximum Gasteiger partial charge on any atom is -0.00961 e.